The Morgan fingerprint density at radius 1 is 1.09 bits per heavy atom. The topological polar surface area (TPSA) is 76.5 Å². The summed E-state index contributed by atoms with van der Waals surface area (Å²) in [6.45, 7) is 2.06. The van der Waals surface area contributed by atoms with Gasteiger partial charge in [-0.1, -0.05) is 42.0 Å². The van der Waals surface area contributed by atoms with E-state index in [1.807, 2.05) is 36.4 Å². The van der Waals surface area contributed by atoms with Crippen LogP contribution in [0.2, 0.25) is 0 Å². The first kappa shape index (κ1) is 13.6. The number of nitrogens with two attached hydrogens (primary N) is 1. The molecular weight excluding hydrogens is 286 g/mol. The van der Waals surface area contributed by atoms with Gasteiger partial charge >= 0.3 is 0 Å². The maximum Gasteiger partial charge on any atom is 0.182 e. The van der Waals surface area contributed by atoms with Gasteiger partial charge in [-0.15, -0.1) is 0 Å². The summed E-state index contributed by atoms with van der Waals surface area (Å²) in [5.74, 6) is 0.883. The van der Waals surface area contributed by atoms with Crippen LogP contribution in [0.5, 0.6) is 0 Å². The van der Waals surface area contributed by atoms with E-state index in [-0.39, 0.29) is 0 Å². The number of aromatic nitrogens is 2. The molecule has 2 aliphatic rings. The van der Waals surface area contributed by atoms with Gasteiger partial charge < -0.3 is 5.73 Å². The van der Waals surface area contributed by atoms with Crippen molar-refractivity contribution in [3.05, 3.63) is 65.6 Å². The van der Waals surface area contributed by atoms with Crippen LogP contribution in [0.25, 0.3) is 11.3 Å². The van der Waals surface area contributed by atoms with E-state index in [0.717, 1.165) is 29.1 Å². The van der Waals surface area contributed by atoms with E-state index in [1.165, 1.54) is 5.57 Å². The van der Waals surface area contributed by atoms with Crippen molar-refractivity contribution < 1.29 is 0 Å². The van der Waals surface area contributed by atoms with Gasteiger partial charge in [0, 0.05) is 12.0 Å². The fourth-order valence-electron chi connectivity index (χ4n) is 2.60. The standard InChI is InChI=1S/C18H15N5/c1-11-7-8-13-14(9-11)23-18(22-13)16-17(19)20-10-15(21-16)12-5-3-2-4-6-12/h2-7,9-10H,8H2,1H3,(H2,19,20). The molecule has 0 unspecified atom stereocenters. The summed E-state index contributed by atoms with van der Waals surface area (Å²) in [5.41, 5.74) is 11.3. The monoisotopic (exact) mass is 301 g/mol. The third-order valence-corrected chi connectivity index (χ3v) is 3.83. The smallest absolute Gasteiger partial charge is 0.182 e. The second-order valence-corrected chi connectivity index (χ2v) is 5.53. The summed E-state index contributed by atoms with van der Waals surface area (Å²) >= 11 is 0. The summed E-state index contributed by atoms with van der Waals surface area (Å²) in [7, 11) is 0. The fourth-order valence-corrected chi connectivity index (χ4v) is 2.60. The largest absolute Gasteiger partial charge is 0.382 e. The molecular formula is C18H15N5. The number of nitrogen functional groups attached to an aromatic ring is 1. The Balaban J connectivity index is 1.78. The number of benzene rings is 1. The predicted octanol–water partition coefficient (Wildman–Crippen LogP) is 3.16. The van der Waals surface area contributed by atoms with Crippen molar-refractivity contribution in [3.8, 4) is 11.3 Å². The molecule has 4 rings (SSSR count). The zero-order valence-corrected chi connectivity index (χ0v) is 12.7. The van der Waals surface area contributed by atoms with E-state index >= 15 is 0 Å². The summed E-state index contributed by atoms with van der Waals surface area (Å²) in [4.78, 5) is 18.1. The first-order chi connectivity index (χ1) is 11.2. The lowest BCUT2D eigenvalue weighted by atomic mass is 10.0. The summed E-state index contributed by atoms with van der Waals surface area (Å²) in [6.07, 6.45) is 6.63. The highest BCUT2D eigenvalue weighted by molar-refractivity contribution is 6.19. The van der Waals surface area contributed by atoms with Gasteiger partial charge in [0.1, 0.15) is 0 Å². The van der Waals surface area contributed by atoms with Gasteiger partial charge in [0.2, 0.25) is 0 Å². The molecule has 0 saturated heterocycles. The highest BCUT2D eigenvalue weighted by atomic mass is 15.1. The molecule has 23 heavy (non-hydrogen) atoms. The van der Waals surface area contributed by atoms with Crippen LogP contribution in [-0.2, 0) is 0 Å². The Kier molecular flexibility index (Phi) is 3.12. The van der Waals surface area contributed by atoms with Crippen molar-refractivity contribution in [3.63, 3.8) is 0 Å². The van der Waals surface area contributed by atoms with Crippen LogP contribution < -0.4 is 5.73 Å². The van der Waals surface area contributed by atoms with Crippen molar-refractivity contribution in [2.24, 2.45) is 9.98 Å². The first-order valence-corrected chi connectivity index (χ1v) is 7.44. The first-order valence-electron chi connectivity index (χ1n) is 7.44. The second kappa shape index (κ2) is 5.28. The van der Waals surface area contributed by atoms with Crippen molar-refractivity contribution in [2.75, 3.05) is 5.73 Å². The highest BCUT2D eigenvalue weighted by Gasteiger charge is 2.22. The summed E-state index contributed by atoms with van der Waals surface area (Å²) in [6, 6.07) is 9.88. The van der Waals surface area contributed by atoms with Crippen molar-refractivity contribution >= 4 is 17.4 Å². The molecule has 1 aromatic heterocycles. The number of hydrogen-bond donors (Lipinski definition) is 1. The lowest BCUT2D eigenvalue weighted by molar-refractivity contribution is 1.19. The number of hydrogen-bond acceptors (Lipinski definition) is 5. The van der Waals surface area contributed by atoms with Crippen LogP contribution in [0.15, 0.2) is 69.9 Å². The van der Waals surface area contributed by atoms with Gasteiger partial charge in [-0.05, 0) is 13.0 Å². The van der Waals surface area contributed by atoms with Gasteiger partial charge in [0.25, 0.3) is 0 Å². The third kappa shape index (κ3) is 2.46. The molecule has 5 nitrogen and oxygen atoms in total. The Bertz CT molecular complexity index is 904. The van der Waals surface area contributed by atoms with E-state index in [4.69, 9.17) is 5.73 Å². The van der Waals surface area contributed by atoms with E-state index in [0.29, 0.717) is 17.3 Å². The lowest BCUT2D eigenvalue weighted by Gasteiger charge is -2.05. The van der Waals surface area contributed by atoms with E-state index in [9.17, 15) is 0 Å². The molecule has 5 heteroatoms. The quantitative estimate of drug-likeness (QED) is 0.925. The minimum atomic E-state index is 0.344. The Labute approximate surface area is 134 Å². The van der Waals surface area contributed by atoms with E-state index in [1.54, 1.807) is 6.20 Å². The van der Waals surface area contributed by atoms with E-state index < -0.39 is 0 Å². The molecule has 0 amide bonds. The Morgan fingerprint density at radius 2 is 1.91 bits per heavy atom. The highest BCUT2D eigenvalue weighted by Crippen LogP contribution is 2.25. The molecule has 2 N–H and O–H groups in total. The molecule has 0 radical (unpaired) electrons. The Morgan fingerprint density at radius 3 is 2.74 bits per heavy atom. The van der Waals surface area contributed by atoms with Crippen LogP contribution in [-0.4, -0.2) is 21.5 Å². The van der Waals surface area contributed by atoms with E-state index in [2.05, 4.69) is 33.0 Å². The molecule has 112 valence electrons. The van der Waals surface area contributed by atoms with Crippen molar-refractivity contribution in [1.82, 2.24) is 9.97 Å². The van der Waals surface area contributed by atoms with Crippen LogP contribution in [0.4, 0.5) is 5.82 Å². The molecule has 0 atom stereocenters. The van der Waals surface area contributed by atoms with Crippen molar-refractivity contribution in [1.29, 1.82) is 0 Å². The average Bonchev–Trinajstić information content (AvgIpc) is 2.99. The predicted molar refractivity (Wildman–Crippen MR) is 92.3 cm³/mol. The Hall–Kier alpha value is -3.08. The van der Waals surface area contributed by atoms with Crippen LogP contribution in [0.3, 0.4) is 0 Å². The van der Waals surface area contributed by atoms with Gasteiger partial charge in [-0.2, -0.15) is 0 Å². The number of rotatable bonds is 2. The number of aliphatic imine (C=N–C) groups is 2. The number of amidine groups is 1. The third-order valence-electron chi connectivity index (χ3n) is 3.83. The molecule has 1 aliphatic carbocycles. The van der Waals surface area contributed by atoms with Crippen LogP contribution in [0, 0.1) is 0 Å². The van der Waals surface area contributed by atoms with Crippen molar-refractivity contribution in [2.45, 2.75) is 13.3 Å². The van der Waals surface area contributed by atoms with Gasteiger partial charge in [-0.25, -0.2) is 20.0 Å². The molecule has 0 bridgehead atoms. The normalized spacial score (nSPS) is 16.2. The number of fused-ring (bicyclic) bond motifs is 1. The van der Waals surface area contributed by atoms with Crippen LogP contribution >= 0.6 is 0 Å². The zero-order chi connectivity index (χ0) is 15.8. The zero-order valence-electron chi connectivity index (χ0n) is 12.7. The molecule has 0 fully saturated rings. The van der Waals surface area contributed by atoms with Gasteiger partial charge in [0.15, 0.2) is 17.3 Å². The second-order valence-electron chi connectivity index (χ2n) is 5.53. The fraction of sp³-hybridized carbons (Fsp3) is 0.111. The maximum absolute atomic E-state index is 6.01. The number of allylic oxidation sites excluding steroid dienone is 4. The van der Waals surface area contributed by atoms with Crippen LogP contribution in [0.1, 0.15) is 19.0 Å². The molecule has 2 aromatic rings. The van der Waals surface area contributed by atoms with Gasteiger partial charge in [0.05, 0.1) is 23.3 Å². The number of anilines is 1. The molecule has 1 aliphatic heterocycles. The molecule has 2 heterocycles. The molecule has 0 saturated carbocycles. The van der Waals surface area contributed by atoms with Gasteiger partial charge in [-0.3, -0.25) is 0 Å². The lowest BCUT2D eigenvalue weighted by Crippen LogP contribution is -2.07. The maximum atomic E-state index is 6.01. The minimum Gasteiger partial charge on any atom is -0.382 e. The number of nitrogens with zero attached hydrogens (tertiary/aromatic N) is 4. The minimum absolute atomic E-state index is 0.344. The SMILES string of the molecule is CC1=CCC2=NC(c3nc(-c4ccccc4)cnc3N)=NC2=C1. The molecule has 0 spiro atoms. The summed E-state index contributed by atoms with van der Waals surface area (Å²) < 4.78 is 0. The summed E-state index contributed by atoms with van der Waals surface area (Å²) in [5, 5.41) is 0. The molecule has 1 aromatic carbocycles. The average molecular weight is 301 g/mol.